The van der Waals surface area contributed by atoms with E-state index in [-0.39, 0.29) is 0 Å². The Kier molecular flexibility index (Phi) is 2.48. The molecule has 0 bridgehead atoms. The molecular weight excluding hydrogens is 224 g/mol. The average molecular weight is 238 g/mol. The number of hydrogen-bond donors (Lipinski definition) is 2. The molecule has 90 valence electrons. The molecule has 1 aromatic carbocycles. The van der Waals surface area contributed by atoms with Crippen LogP contribution >= 0.6 is 0 Å². The summed E-state index contributed by atoms with van der Waals surface area (Å²) in [6.07, 6.45) is 1.78. The number of anilines is 1. The van der Waals surface area contributed by atoms with E-state index < -0.39 is 0 Å². The predicted octanol–water partition coefficient (Wildman–Crippen LogP) is 2.98. The first-order valence-electron chi connectivity index (χ1n) is 5.88. The van der Waals surface area contributed by atoms with Crippen LogP contribution in [-0.2, 0) is 0 Å². The number of hydrogen-bond acceptors (Lipinski definition) is 3. The smallest absolute Gasteiger partial charge is 0.178 e. The summed E-state index contributed by atoms with van der Waals surface area (Å²) in [5, 5.41) is 3.17. The highest BCUT2D eigenvalue weighted by Gasteiger charge is 2.10. The van der Waals surface area contributed by atoms with Gasteiger partial charge in [0, 0.05) is 24.5 Å². The van der Waals surface area contributed by atoms with Gasteiger partial charge in [0.1, 0.15) is 5.82 Å². The van der Waals surface area contributed by atoms with Crippen LogP contribution in [0.25, 0.3) is 22.6 Å². The van der Waals surface area contributed by atoms with E-state index in [1.807, 2.05) is 37.4 Å². The first-order chi connectivity index (χ1) is 8.79. The third-order valence-electron chi connectivity index (χ3n) is 3.05. The third kappa shape index (κ3) is 1.62. The molecule has 4 nitrogen and oxygen atoms in total. The monoisotopic (exact) mass is 238 g/mol. The van der Waals surface area contributed by atoms with Crippen molar-refractivity contribution in [2.45, 2.75) is 6.92 Å². The second kappa shape index (κ2) is 4.14. The third-order valence-corrected chi connectivity index (χ3v) is 3.05. The maximum absolute atomic E-state index is 4.55. The summed E-state index contributed by atoms with van der Waals surface area (Å²) >= 11 is 0. The fourth-order valence-electron chi connectivity index (χ4n) is 2.07. The van der Waals surface area contributed by atoms with Crippen LogP contribution in [0.3, 0.4) is 0 Å². The molecule has 3 rings (SSSR count). The lowest BCUT2D eigenvalue weighted by Crippen LogP contribution is -1.92. The van der Waals surface area contributed by atoms with E-state index in [0.717, 1.165) is 33.8 Å². The van der Waals surface area contributed by atoms with Gasteiger partial charge in [0.2, 0.25) is 0 Å². The summed E-state index contributed by atoms with van der Waals surface area (Å²) in [4.78, 5) is 12.2. The maximum Gasteiger partial charge on any atom is 0.178 e. The highest BCUT2D eigenvalue weighted by atomic mass is 15.0. The van der Waals surface area contributed by atoms with Gasteiger partial charge in [-0.25, -0.2) is 9.97 Å². The Bertz CT molecular complexity index is 700. The number of nitrogens with zero attached hydrogens (tertiary/aromatic N) is 2. The molecule has 0 unspecified atom stereocenters. The molecule has 2 heterocycles. The number of imidazole rings is 1. The Labute approximate surface area is 105 Å². The summed E-state index contributed by atoms with van der Waals surface area (Å²) in [5.74, 6) is 0.844. The van der Waals surface area contributed by atoms with Gasteiger partial charge in [-0.15, -0.1) is 0 Å². The molecule has 0 spiro atoms. The molecule has 0 aliphatic rings. The van der Waals surface area contributed by atoms with Crippen molar-refractivity contribution in [3.63, 3.8) is 0 Å². The Morgan fingerprint density at radius 1 is 1.17 bits per heavy atom. The molecule has 2 N–H and O–H groups in total. The molecule has 0 aliphatic carbocycles. The average Bonchev–Trinajstić information content (AvgIpc) is 2.84. The normalized spacial score (nSPS) is 10.8. The zero-order chi connectivity index (χ0) is 12.5. The number of fused-ring (bicyclic) bond motifs is 1. The molecular formula is C14H14N4. The minimum Gasteiger partial charge on any atom is -0.388 e. The molecule has 18 heavy (non-hydrogen) atoms. The quantitative estimate of drug-likeness (QED) is 0.721. The van der Waals surface area contributed by atoms with E-state index in [4.69, 9.17) is 0 Å². The largest absolute Gasteiger partial charge is 0.388 e. The van der Waals surface area contributed by atoms with Gasteiger partial charge in [-0.1, -0.05) is 12.1 Å². The molecule has 0 aliphatic heterocycles. The van der Waals surface area contributed by atoms with E-state index in [1.165, 1.54) is 0 Å². The molecule has 0 atom stereocenters. The first-order valence-corrected chi connectivity index (χ1v) is 5.88. The zero-order valence-electron chi connectivity index (χ0n) is 10.4. The molecule has 0 saturated heterocycles. The van der Waals surface area contributed by atoms with Crippen LogP contribution < -0.4 is 5.32 Å². The fourth-order valence-corrected chi connectivity index (χ4v) is 2.07. The number of H-pyrrole nitrogens is 1. The lowest BCUT2D eigenvalue weighted by atomic mass is 10.1. The van der Waals surface area contributed by atoms with Crippen molar-refractivity contribution in [2.75, 3.05) is 12.4 Å². The van der Waals surface area contributed by atoms with Crippen LogP contribution in [0.2, 0.25) is 0 Å². The molecule has 4 heteroatoms. The number of nitrogens with one attached hydrogen (secondary N) is 2. The van der Waals surface area contributed by atoms with E-state index in [9.17, 15) is 0 Å². The van der Waals surface area contributed by atoms with Crippen molar-refractivity contribution in [2.24, 2.45) is 0 Å². The standard InChI is InChI=1S/C14H14N4/c1-9-7-8-16-14-12(9)17-13(18-14)10-5-3-4-6-11(10)15-2/h3-8,15H,1-2H3,(H,16,17,18). The van der Waals surface area contributed by atoms with Crippen LogP contribution in [0.15, 0.2) is 36.5 Å². The van der Waals surface area contributed by atoms with Gasteiger partial charge in [-0.05, 0) is 30.7 Å². The highest BCUT2D eigenvalue weighted by molar-refractivity contribution is 5.82. The summed E-state index contributed by atoms with van der Waals surface area (Å²) in [5.41, 5.74) is 5.02. The second-order valence-electron chi connectivity index (χ2n) is 4.21. The Morgan fingerprint density at radius 3 is 2.78 bits per heavy atom. The van der Waals surface area contributed by atoms with Gasteiger partial charge in [0.25, 0.3) is 0 Å². The molecule has 0 radical (unpaired) electrons. The Morgan fingerprint density at radius 2 is 2.00 bits per heavy atom. The van der Waals surface area contributed by atoms with Crippen LogP contribution in [0, 0.1) is 6.92 Å². The Hall–Kier alpha value is -2.36. The van der Waals surface area contributed by atoms with Crippen LogP contribution in [0.4, 0.5) is 5.69 Å². The van der Waals surface area contributed by atoms with Crippen molar-refractivity contribution < 1.29 is 0 Å². The molecule has 0 amide bonds. The van der Waals surface area contributed by atoms with Gasteiger partial charge < -0.3 is 10.3 Å². The molecule has 0 saturated carbocycles. The number of pyridine rings is 1. The van der Waals surface area contributed by atoms with E-state index >= 15 is 0 Å². The van der Waals surface area contributed by atoms with E-state index in [1.54, 1.807) is 6.20 Å². The highest BCUT2D eigenvalue weighted by Crippen LogP contribution is 2.27. The van der Waals surface area contributed by atoms with E-state index in [0.29, 0.717) is 0 Å². The first kappa shape index (κ1) is 10.8. The summed E-state index contributed by atoms with van der Waals surface area (Å²) in [7, 11) is 1.91. The van der Waals surface area contributed by atoms with Crippen molar-refractivity contribution >= 4 is 16.9 Å². The topological polar surface area (TPSA) is 53.6 Å². The number of rotatable bonds is 2. The second-order valence-corrected chi connectivity index (χ2v) is 4.21. The maximum atomic E-state index is 4.55. The van der Waals surface area contributed by atoms with Crippen molar-refractivity contribution in [1.29, 1.82) is 0 Å². The molecule has 3 aromatic rings. The van der Waals surface area contributed by atoms with Crippen LogP contribution in [0.5, 0.6) is 0 Å². The van der Waals surface area contributed by atoms with Gasteiger partial charge in [-0.2, -0.15) is 0 Å². The SMILES string of the molecule is CNc1ccccc1-c1nc2nccc(C)c2[nH]1. The lowest BCUT2D eigenvalue weighted by Gasteiger charge is -2.05. The number of para-hydroxylation sites is 1. The van der Waals surface area contributed by atoms with E-state index in [2.05, 4.69) is 27.2 Å². The zero-order valence-corrected chi connectivity index (χ0v) is 10.4. The van der Waals surface area contributed by atoms with Crippen LogP contribution in [-0.4, -0.2) is 22.0 Å². The van der Waals surface area contributed by atoms with Crippen molar-refractivity contribution in [3.8, 4) is 11.4 Å². The number of aryl methyl sites for hydroxylation is 1. The number of aromatic nitrogens is 3. The van der Waals surface area contributed by atoms with Crippen LogP contribution in [0.1, 0.15) is 5.56 Å². The lowest BCUT2D eigenvalue weighted by molar-refractivity contribution is 1.29. The van der Waals surface area contributed by atoms with Gasteiger partial charge in [-0.3, -0.25) is 0 Å². The summed E-state index contributed by atoms with van der Waals surface area (Å²) < 4.78 is 0. The van der Waals surface area contributed by atoms with Crippen molar-refractivity contribution in [3.05, 3.63) is 42.1 Å². The number of benzene rings is 1. The summed E-state index contributed by atoms with van der Waals surface area (Å²) in [6, 6.07) is 10.1. The number of aromatic amines is 1. The Balaban J connectivity index is 2.23. The van der Waals surface area contributed by atoms with Gasteiger partial charge >= 0.3 is 0 Å². The van der Waals surface area contributed by atoms with Gasteiger partial charge in [0.05, 0.1) is 5.52 Å². The van der Waals surface area contributed by atoms with Gasteiger partial charge in [0.15, 0.2) is 5.65 Å². The fraction of sp³-hybridized carbons (Fsp3) is 0.143. The minimum atomic E-state index is 0.760. The summed E-state index contributed by atoms with van der Waals surface area (Å²) in [6.45, 7) is 2.05. The van der Waals surface area contributed by atoms with Crippen molar-refractivity contribution in [1.82, 2.24) is 15.0 Å². The minimum absolute atomic E-state index is 0.760. The predicted molar refractivity (Wildman–Crippen MR) is 73.6 cm³/mol. The molecule has 2 aromatic heterocycles. The molecule has 0 fully saturated rings.